The molecule has 1 aromatic heterocycles. The minimum Gasteiger partial charge on any atom is -0.396 e. The van der Waals surface area contributed by atoms with Crippen molar-refractivity contribution in [3.8, 4) is 0 Å². The van der Waals surface area contributed by atoms with E-state index in [4.69, 9.17) is 8.83 Å². The summed E-state index contributed by atoms with van der Waals surface area (Å²) in [7, 11) is 0. The van der Waals surface area contributed by atoms with E-state index < -0.39 is 5.82 Å². The standard InChI is InChI=1S/C12H12O3/c1-8-3-5-10(6-4-8)7-11-9(2)14-12(13)15-11/h3-6H,7H2,1-2H3. The van der Waals surface area contributed by atoms with Gasteiger partial charge in [-0.3, -0.25) is 0 Å². The minimum absolute atomic E-state index is 0.556. The van der Waals surface area contributed by atoms with Crippen LogP contribution in [0.25, 0.3) is 0 Å². The van der Waals surface area contributed by atoms with Crippen molar-refractivity contribution in [2.45, 2.75) is 20.3 Å². The van der Waals surface area contributed by atoms with Gasteiger partial charge in [-0.05, 0) is 19.4 Å². The Balaban J connectivity index is 2.25. The van der Waals surface area contributed by atoms with Crippen LogP contribution in [0.4, 0.5) is 0 Å². The Kier molecular flexibility index (Phi) is 2.46. The van der Waals surface area contributed by atoms with E-state index in [1.54, 1.807) is 6.92 Å². The number of rotatable bonds is 2. The van der Waals surface area contributed by atoms with Gasteiger partial charge in [0.05, 0.1) is 0 Å². The van der Waals surface area contributed by atoms with Crippen molar-refractivity contribution in [1.29, 1.82) is 0 Å². The number of benzene rings is 1. The van der Waals surface area contributed by atoms with E-state index >= 15 is 0 Å². The summed E-state index contributed by atoms with van der Waals surface area (Å²) < 4.78 is 9.71. The molecule has 0 bridgehead atoms. The van der Waals surface area contributed by atoms with Crippen molar-refractivity contribution in [2.24, 2.45) is 0 Å². The molecule has 3 nitrogen and oxygen atoms in total. The largest absolute Gasteiger partial charge is 0.519 e. The molecule has 3 heteroatoms. The summed E-state index contributed by atoms with van der Waals surface area (Å²) in [6.07, 6.45) is 0.595. The highest BCUT2D eigenvalue weighted by Crippen LogP contribution is 2.12. The fraction of sp³-hybridized carbons (Fsp3) is 0.250. The van der Waals surface area contributed by atoms with E-state index in [0.29, 0.717) is 17.9 Å². The molecule has 0 aliphatic carbocycles. The first-order chi connectivity index (χ1) is 7.15. The van der Waals surface area contributed by atoms with Gasteiger partial charge in [-0.25, -0.2) is 4.79 Å². The molecule has 0 amide bonds. The maximum Gasteiger partial charge on any atom is 0.519 e. The van der Waals surface area contributed by atoms with Crippen LogP contribution >= 0.6 is 0 Å². The predicted octanol–water partition coefficient (Wildman–Crippen LogP) is 2.44. The van der Waals surface area contributed by atoms with Crippen LogP contribution in [0.1, 0.15) is 22.6 Å². The quantitative estimate of drug-likeness (QED) is 0.754. The highest BCUT2D eigenvalue weighted by Gasteiger charge is 2.08. The molecule has 1 aromatic carbocycles. The molecule has 15 heavy (non-hydrogen) atoms. The predicted molar refractivity (Wildman–Crippen MR) is 56.0 cm³/mol. The maximum atomic E-state index is 10.8. The second-order valence-electron chi connectivity index (χ2n) is 3.60. The molecule has 0 spiro atoms. The van der Waals surface area contributed by atoms with Gasteiger partial charge in [0.1, 0.15) is 5.76 Å². The third kappa shape index (κ3) is 2.18. The van der Waals surface area contributed by atoms with Gasteiger partial charge in [-0.2, -0.15) is 0 Å². The summed E-state index contributed by atoms with van der Waals surface area (Å²) in [5, 5.41) is 0. The molecular weight excluding hydrogens is 192 g/mol. The molecule has 0 radical (unpaired) electrons. The fourth-order valence-electron chi connectivity index (χ4n) is 1.43. The SMILES string of the molecule is Cc1ccc(Cc2oc(=O)oc2C)cc1. The van der Waals surface area contributed by atoms with Crippen molar-refractivity contribution >= 4 is 0 Å². The Morgan fingerprint density at radius 2 is 1.73 bits per heavy atom. The number of aryl methyl sites for hydroxylation is 2. The first-order valence-corrected chi connectivity index (χ1v) is 4.80. The molecular formula is C12H12O3. The average Bonchev–Trinajstić information content (AvgIpc) is 2.49. The normalized spacial score (nSPS) is 10.5. The monoisotopic (exact) mass is 204 g/mol. The van der Waals surface area contributed by atoms with Gasteiger partial charge in [0, 0.05) is 6.42 Å². The van der Waals surface area contributed by atoms with E-state index in [-0.39, 0.29) is 0 Å². The Morgan fingerprint density at radius 1 is 1.07 bits per heavy atom. The molecule has 2 aromatic rings. The van der Waals surface area contributed by atoms with Crippen LogP contribution in [0, 0.1) is 13.8 Å². The second kappa shape index (κ2) is 3.77. The van der Waals surface area contributed by atoms with Crippen LogP contribution < -0.4 is 5.82 Å². The molecule has 0 aliphatic rings. The highest BCUT2D eigenvalue weighted by molar-refractivity contribution is 5.25. The van der Waals surface area contributed by atoms with Crippen LogP contribution in [-0.2, 0) is 6.42 Å². The van der Waals surface area contributed by atoms with Crippen LogP contribution in [0.2, 0.25) is 0 Å². The van der Waals surface area contributed by atoms with Crippen molar-refractivity contribution in [3.63, 3.8) is 0 Å². The van der Waals surface area contributed by atoms with E-state index in [0.717, 1.165) is 5.56 Å². The lowest BCUT2D eigenvalue weighted by Crippen LogP contribution is -1.89. The summed E-state index contributed by atoms with van der Waals surface area (Å²) >= 11 is 0. The Labute approximate surface area is 87.3 Å². The number of hydrogen-bond acceptors (Lipinski definition) is 3. The van der Waals surface area contributed by atoms with Gasteiger partial charge >= 0.3 is 5.82 Å². The van der Waals surface area contributed by atoms with Crippen molar-refractivity contribution in [2.75, 3.05) is 0 Å². The third-order valence-corrected chi connectivity index (χ3v) is 2.32. The lowest BCUT2D eigenvalue weighted by atomic mass is 10.1. The lowest BCUT2D eigenvalue weighted by molar-refractivity contribution is 0.371. The van der Waals surface area contributed by atoms with Gasteiger partial charge in [0.25, 0.3) is 0 Å². The van der Waals surface area contributed by atoms with E-state index in [2.05, 4.69) is 0 Å². The van der Waals surface area contributed by atoms with Gasteiger partial charge in [-0.1, -0.05) is 29.8 Å². The summed E-state index contributed by atoms with van der Waals surface area (Å²) in [6.45, 7) is 3.77. The Hall–Kier alpha value is -1.77. The zero-order valence-electron chi connectivity index (χ0n) is 8.74. The van der Waals surface area contributed by atoms with Gasteiger partial charge in [0.2, 0.25) is 0 Å². The second-order valence-corrected chi connectivity index (χ2v) is 3.60. The summed E-state index contributed by atoms with van der Waals surface area (Å²) in [5.41, 5.74) is 2.32. The molecule has 78 valence electrons. The summed E-state index contributed by atoms with van der Waals surface area (Å²) in [6, 6.07) is 8.09. The first kappa shape index (κ1) is 9.77. The molecule has 2 rings (SSSR count). The fourth-order valence-corrected chi connectivity index (χ4v) is 1.43. The van der Waals surface area contributed by atoms with Gasteiger partial charge < -0.3 is 8.83 Å². The molecule has 0 saturated carbocycles. The minimum atomic E-state index is -0.630. The molecule has 0 aliphatic heterocycles. The van der Waals surface area contributed by atoms with Crippen LogP contribution in [-0.4, -0.2) is 0 Å². The van der Waals surface area contributed by atoms with Crippen LogP contribution in [0.15, 0.2) is 37.9 Å². The van der Waals surface area contributed by atoms with Crippen molar-refractivity contribution in [1.82, 2.24) is 0 Å². The molecule has 0 unspecified atom stereocenters. The maximum absolute atomic E-state index is 10.8. The van der Waals surface area contributed by atoms with E-state index in [1.807, 2.05) is 31.2 Å². The van der Waals surface area contributed by atoms with Gasteiger partial charge in [0.15, 0.2) is 5.76 Å². The van der Waals surface area contributed by atoms with Gasteiger partial charge in [-0.15, -0.1) is 0 Å². The summed E-state index contributed by atoms with van der Waals surface area (Å²) in [4.78, 5) is 10.8. The van der Waals surface area contributed by atoms with Crippen molar-refractivity contribution < 1.29 is 8.83 Å². The van der Waals surface area contributed by atoms with Crippen LogP contribution in [0.5, 0.6) is 0 Å². The number of hydrogen-bond donors (Lipinski definition) is 0. The smallest absolute Gasteiger partial charge is 0.396 e. The molecule has 1 heterocycles. The van der Waals surface area contributed by atoms with Crippen molar-refractivity contribution in [3.05, 3.63) is 57.5 Å². The molecule has 0 saturated heterocycles. The zero-order chi connectivity index (χ0) is 10.8. The highest BCUT2D eigenvalue weighted by atomic mass is 16.6. The first-order valence-electron chi connectivity index (χ1n) is 4.80. The zero-order valence-corrected chi connectivity index (χ0v) is 8.74. The van der Waals surface area contributed by atoms with E-state index in [1.165, 1.54) is 5.56 Å². The topological polar surface area (TPSA) is 43.4 Å². The average molecular weight is 204 g/mol. The van der Waals surface area contributed by atoms with Crippen LogP contribution in [0.3, 0.4) is 0 Å². The molecule has 0 fully saturated rings. The lowest BCUT2D eigenvalue weighted by Gasteiger charge is -1.98. The Morgan fingerprint density at radius 3 is 2.27 bits per heavy atom. The Bertz CT molecular complexity index is 502. The molecule has 0 atom stereocenters. The third-order valence-electron chi connectivity index (χ3n) is 2.32. The molecule has 0 N–H and O–H groups in total. The van der Waals surface area contributed by atoms with E-state index in [9.17, 15) is 4.79 Å². The summed E-state index contributed by atoms with van der Waals surface area (Å²) in [5.74, 6) is 0.527.